The second kappa shape index (κ2) is 27.1. The number of hydrogen-bond donors (Lipinski definition) is 4. The van der Waals surface area contributed by atoms with E-state index in [4.69, 9.17) is 35.0 Å². The van der Waals surface area contributed by atoms with E-state index in [9.17, 15) is 16.8 Å². The molecular weight excluding hydrogens is 644 g/mol. The molecule has 29 heteroatoms. The van der Waals surface area contributed by atoms with E-state index in [2.05, 4.69) is 37.5 Å². The fourth-order valence-electron chi connectivity index (χ4n) is 0.204. The second-order valence-corrected chi connectivity index (χ2v) is 6.23. The predicted molar refractivity (Wildman–Crippen MR) is 90.6 cm³/mol. The first kappa shape index (κ1) is 52.9. The summed E-state index contributed by atoms with van der Waals surface area (Å²) in [7, 11) is -17.3. The van der Waals surface area contributed by atoms with Gasteiger partial charge in [-0.3, -0.25) is 18.2 Å². The summed E-state index contributed by atoms with van der Waals surface area (Å²) >= 11 is 0. The SMILES string of the molecule is O=S(=O)(O)O.O=S(=O)(O)O.O=S1(=O)OOOO1.O=S1(=O)OOOO1.[KH].[KH].[KH].[KH].[KH]. The normalized spacial score (nSPS) is 17.5. The van der Waals surface area contributed by atoms with Crippen molar-refractivity contribution in [3.8, 4) is 0 Å². The van der Waals surface area contributed by atoms with Gasteiger partial charge < -0.3 is 0 Å². The van der Waals surface area contributed by atoms with Crippen LogP contribution in [0.1, 0.15) is 0 Å². The average Bonchev–Trinajstić information content (AvgIpc) is 2.82. The summed E-state index contributed by atoms with van der Waals surface area (Å²) < 4.78 is 116. The summed E-state index contributed by atoms with van der Waals surface area (Å²) in [5.41, 5.74) is 0. The first-order valence-corrected chi connectivity index (χ1v) is 9.19. The van der Waals surface area contributed by atoms with E-state index in [0.29, 0.717) is 0 Å². The van der Waals surface area contributed by atoms with Crippen molar-refractivity contribution in [1.82, 2.24) is 0 Å². The van der Waals surface area contributed by atoms with Gasteiger partial charge in [0.1, 0.15) is 0 Å². The van der Waals surface area contributed by atoms with Crippen molar-refractivity contribution in [2.24, 2.45) is 0 Å². The van der Waals surface area contributed by atoms with Crippen molar-refractivity contribution >= 4 is 299 Å². The fraction of sp³-hybridized carbons (Fsp3) is 0. The van der Waals surface area contributed by atoms with E-state index < -0.39 is 41.6 Å². The van der Waals surface area contributed by atoms with Crippen LogP contribution in [0.3, 0.4) is 0 Å². The molecule has 0 aliphatic carbocycles. The molecule has 29 heavy (non-hydrogen) atoms. The van der Waals surface area contributed by atoms with Crippen LogP contribution in [0.25, 0.3) is 0 Å². The Morgan fingerprint density at radius 3 is 0.586 bits per heavy atom. The molecule has 2 aliphatic heterocycles. The van der Waals surface area contributed by atoms with E-state index in [1.807, 2.05) is 0 Å². The van der Waals surface area contributed by atoms with Gasteiger partial charge in [0.25, 0.3) is 0 Å². The summed E-state index contributed by atoms with van der Waals surface area (Å²) in [6.07, 6.45) is 0. The molecule has 2 saturated heterocycles. The first-order valence-electron chi connectivity index (χ1n) is 3.73. The predicted octanol–water partition coefficient (Wildman–Crippen LogP) is -6.44. The van der Waals surface area contributed by atoms with Crippen LogP contribution in [0.2, 0.25) is 0 Å². The maximum absolute atomic E-state index is 9.74. The molecule has 0 unspecified atom stereocenters. The Morgan fingerprint density at radius 1 is 0.448 bits per heavy atom. The van der Waals surface area contributed by atoms with Crippen LogP contribution in [0.5, 0.6) is 0 Å². The third-order valence-electron chi connectivity index (χ3n) is 0.500. The second-order valence-electron chi connectivity index (χ2n) is 2.26. The fourth-order valence-corrected chi connectivity index (χ4v) is 0.612. The summed E-state index contributed by atoms with van der Waals surface area (Å²) in [5.74, 6) is 0. The Balaban J connectivity index is -0.0000000427. The minimum atomic E-state index is -4.67. The molecule has 0 bridgehead atoms. The van der Waals surface area contributed by atoms with Crippen molar-refractivity contribution in [2.75, 3.05) is 0 Å². The maximum atomic E-state index is 9.74. The third-order valence-corrected chi connectivity index (χ3v) is 1.39. The number of rotatable bonds is 0. The standard InChI is InChI=1S/5K.2O6S.2H2O4S.5H/c;;;;;2*1-7(2)5-3-4-6-7;2*1-5(2,3)4;;;;;/h;;;;;;;2*(H2,1,2,3,4);;;;;. The van der Waals surface area contributed by atoms with Gasteiger partial charge in [0.05, 0.1) is 0 Å². The van der Waals surface area contributed by atoms with Gasteiger partial charge >= 0.3 is 299 Å². The molecule has 0 atom stereocenters. The molecule has 0 saturated carbocycles. The van der Waals surface area contributed by atoms with Crippen LogP contribution >= 0.6 is 0 Å². The molecular formula is H9K5O20S4. The van der Waals surface area contributed by atoms with E-state index in [1.165, 1.54) is 0 Å². The van der Waals surface area contributed by atoms with Crippen LogP contribution in [-0.4, -0.2) is 309 Å². The Bertz CT molecular complexity index is 651. The Labute approximate surface area is 376 Å². The van der Waals surface area contributed by atoms with Crippen LogP contribution in [0.4, 0.5) is 0 Å². The molecule has 2 rings (SSSR count). The van der Waals surface area contributed by atoms with Gasteiger partial charge in [-0.15, -0.1) is 0 Å². The monoisotopic (exact) mass is 652 g/mol. The van der Waals surface area contributed by atoms with E-state index in [-0.39, 0.29) is 257 Å². The third kappa shape index (κ3) is 61.3. The Morgan fingerprint density at radius 2 is 0.552 bits per heavy atom. The van der Waals surface area contributed by atoms with Crippen LogP contribution in [-0.2, 0) is 79.1 Å². The van der Waals surface area contributed by atoms with Gasteiger partial charge in [-0.05, 0) is 37.5 Å². The van der Waals surface area contributed by atoms with Crippen molar-refractivity contribution in [3.05, 3.63) is 0 Å². The van der Waals surface area contributed by atoms with Gasteiger partial charge in [0.2, 0.25) is 0 Å². The summed E-state index contributed by atoms with van der Waals surface area (Å²) in [6, 6.07) is 0. The summed E-state index contributed by atoms with van der Waals surface area (Å²) in [5, 5.41) is 13.4. The molecule has 2 fully saturated rings. The van der Waals surface area contributed by atoms with Gasteiger partial charge in [-0.25, -0.2) is 0 Å². The first-order chi connectivity index (χ1) is 10.4. The average molecular weight is 653 g/mol. The molecule has 2 aliphatic rings. The van der Waals surface area contributed by atoms with Crippen molar-refractivity contribution in [3.63, 3.8) is 0 Å². The minimum absolute atomic E-state index is 0. The van der Waals surface area contributed by atoms with Crippen molar-refractivity contribution in [1.29, 1.82) is 0 Å². The van der Waals surface area contributed by atoms with Gasteiger partial charge in [0.15, 0.2) is 0 Å². The van der Waals surface area contributed by atoms with Crippen LogP contribution in [0.15, 0.2) is 0 Å². The molecule has 0 spiro atoms. The zero-order chi connectivity index (χ0) is 19.7. The van der Waals surface area contributed by atoms with Gasteiger partial charge in [-0.2, -0.15) is 33.7 Å². The molecule has 0 radical (unpaired) electrons. The van der Waals surface area contributed by atoms with Crippen LogP contribution < -0.4 is 0 Å². The molecule has 2 heterocycles. The number of hydrogen-bond acceptors (Lipinski definition) is 16. The molecule has 4 N–H and O–H groups in total. The molecule has 158 valence electrons. The van der Waals surface area contributed by atoms with E-state index >= 15 is 0 Å². The van der Waals surface area contributed by atoms with Gasteiger partial charge in [-0.1, -0.05) is 0 Å². The molecule has 20 nitrogen and oxygen atoms in total. The van der Waals surface area contributed by atoms with Gasteiger partial charge in [0, 0.05) is 0 Å². The molecule has 0 aromatic heterocycles. The zero-order valence-corrected chi connectivity index (χ0v) is 13.2. The molecule has 0 amide bonds. The summed E-state index contributed by atoms with van der Waals surface area (Å²) in [4.78, 5) is 0. The molecule has 0 aromatic rings. The summed E-state index contributed by atoms with van der Waals surface area (Å²) in [6.45, 7) is 0. The van der Waals surface area contributed by atoms with Crippen molar-refractivity contribution in [2.45, 2.75) is 0 Å². The van der Waals surface area contributed by atoms with E-state index in [0.717, 1.165) is 0 Å². The Kier molecular flexibility index (Phi) is 49.4. The van der Waals surface area contributed by atoms with E-state index in [1.54, 1.807) is 0 Å². The zero-order valence-electron chi connectivity index (χ0n) is 9.95. The molecule has 0 aromatic carbocycles. The topological polar surface area (TPSA) is 291 Å². The van der Waals surface area contributed by atoms with Crippen LogP contribution in [0, 0.1) is 0 Å². The van der Waals surface area contributed by atoms with Crippen molar-refractivity contribution < 1.29 is 89.4 Å². The Hall–Kier alpha value is 7.50. The quantitative estimate of drug-likeness (QED) is 0.107.